The van der Waals surface area contributed by atoms with E-state index in [1.807, 2.05) is 19.1 Å². The van der Waals surface area contributed by atoms with Crippen molar-refractivity contribution in [3.05, 3.63) is 42.9 Å². The van der Waals surface area contributed by atoms with E-state index in [2.05, 4.69) is 38.2 Å². The van der Waals surface area contributed by atoms with Crippen LogP contribution in [0.25, 0.3) is 0 Å². The number of aliphatic hydroxyl groups excluding tert-OH is 1. The number of carbonyl (C=O) groups excluding carboxylic acids is 1. The average Bonchev–Trinajstić information content (AvgIpc) is 2.60. The Bertz CT molecular complexity index is 707. The van der Waals surface area contributed by atoms with Crippen molar-refractivity contribution in [3.63, 3.8) is 0 Å². The number of amides is 2. The quantitative estimate of drug-likeness (QED) is 0.503. The number of nitrogens with zero attached hydrogens (tertiary/aromatic N) is 2. The zero-order valence-corrected chi connectivity index (χ0v) is 14.2. The minimum absolute atomic E-state index is 0.147. The number of rotatable bonds is 8. The van der Waals surface area contributed by atoms with Gasteiger partial charge in [-0.15, -0.1) is 0 Å². The lowest BCUT2D eigenvalue weighted by atomic mass is 10.3. The lowest BCUT2D eigenvalue weighted by Gasteiger charge is -2.12. The van der Waals surface area contributed by atoms with Crippen LogP contribution in [0.5, 0.6) is 0 Å². The second-order valence-electron chi connectivity index (χ2n) is 5.20. The predicted molar refractivity (Wildman–Crippen MR) is 98.8 cm³/mol. The Morgan fingerprint density at radius 2 is 2.12 bits per heavy atom. The minimum atomic E-state index is -0.261. The van der Waals surface area contributed by atoms with E-state index in [1.54, 1.807) is 18.3 Å². The summed E-state index contributed by atoms with van der Waals surface area (Å²) in [6.07, 6.45) is 2.27. The first-order valence-corrected chi connectivity index (χ1v) is 8.08. The molecular formula is C17H23N6O2. The van der Waals surface area contributed by atoms with Gasteiger partial charge in [0, 0.05) is 36.2 Å². The van der Waals surface area contributed by atoms with E-state index < -0.39 is 0 Å². The van der Waals surface area contributed by atoms with Crippen LogP contribution in [-0.4, -0.2) is 34.2 Å². The predicted octanol–water partition coefficient (Wildman–Crippen LogP) is 2.49. The first-order valence-electron chi connectivity index (χ1n) is 8.08. The number of anilines is 4. The van der Waals surface area contributed by atoms with Crippen LogP contribution in [0.3, 0.4) is 0 Å². The van der Waals surface area contributed by atoms with E-state index in [4.69, 9.17) is 0 Å². The molecule has 0 fully saturated rings. The standard InChI is InChI=1S/C17H23N6O2/c1-3-8-19-15-12(11-24)10-20-16(23-15)21-13-6-5-7-14(9-13)22-17(25)18-4-2/h5-7,9-10,24H,1,3-4,8,11H2,2H3,(H2,18,22,25)(H2,19,20,21,23). The van der Waals surface area contributed by atoms with Crippen LogP contribution in [0.1, 0.15) is 18.9 Å². The van der Waals surface area contributed by atoms with Crippen LogP contribution in [0.15, 0.2) is 30.5 Å². The van der Waals surface area contributed by atoms with Crippen molar-refractivity contribution >= 4 is 29.2 Å². The third-order valence-electron chi connectivity index (χ3n) is 3.22. The fraction of sp³-hybridized carbons (Fsp3) is 0.294. The van der Waals surface area contributed by atoms with E-state index in [0.717, 1.165) is 5.69 Å². The maximum Gasteiger partial charge on any atom is 0.319 e. The second kappa shape index (κ2) is 9.43. The Kier molecular flexibility index (Phi) is 6.97. The van der Waals surface area contributed by atoms with Gasteiger partial charge >= 0.3 is 6.03 Å². The molecule has 0 unspecified atom stereocenters. The van der Waals surface area contributed by atoms with Gasteiger partial charge in [-0.2, -0.15) is 4.98 Å². The molecule has 8 nitrogen and oxygen atoms in total. The van der Waals surface area contributed by atoms with Gasteiger partial charge in [0.15, 0.2) is 0 Å². The summed E-state index contributed by atoms with van der Waals surface area (Å²) in [7, 11) is 0. The van der Waals surface area contributed by atoms with Gasteiger partial charge in [0.05, 0.1) is 6.61 Å². The van der Waals surface area contributed by atoms with Crippen molar-refractivity contribution in [2.45, 2.75) is 20.0 Å². The summed E-state index contributed by atoms with van der Waals surface area (Å²) >= 11 is 0. The highest BCUT2D eigenvalue weighted by Crippen LogP contribution is 2.20. The summed E-state index contributed by atoms with van der Waals surface area (Å²) in [5.74, 6) is 0.958. The van der Waals surface area contributed by atoms with Crippen LogP contribution in [0, 0.1) is 6.92 Å². The fourth-order valence-electron chi connectivity index (χ4n) is 2.08. The molecule has 0 bridgehead atoms. The average molecular weight is 343 g/mol. The van der Waals surface area contributed by atoms with Crippen molar-refractivity contribution in [1.82, 2.24) is 15.3 Å². The number of aromatic nitrogens is 2. The summed E-state index contributed by atoms with van der Waals surface area (Å²) in [5.41, 5.74) is 2.00. The molecule has 0 aliphatic heterocycles. The number of benzene rings is 1. The molecular weight excluding hydrogens is 320 g/mol. The Hall–Kier alpha value is -2.87. The van der Waals surface area contributed by atoms with Gasteiger partial charge in [-0.25, -0.2) is 9.78 Å². The largest absolute Gasteiger partial charge is 0.391 e. The van der Waals surface area contributed by atoms with Gasteiger partial charge in [-0.05, 0) is 31.5 Å². The lowest BCUT2D eigenvalue weighted by Crippen LogP contribution is -2.28. The van der Waals surface area contributed by atoms with Gasteiger partial charge in [0.25, 0.3) is 0 Å². The van der Waals surface area contributed by atoms with Crippen LogP contribution in [0.4, 0.5) is 27.9 Å². The van der Waals surface area contributed by atoms with E-state index in [0.29, 0.717) is 42.5 Å². The molecule has 8 heteroatoms. The molecule has 2 rings (SSSR count). The van der Waals surface area contributed by atoms with Gasteiger partial charge in [-0.3, -0.25) is 0 Å². The third-order valence-corrected chi connectivity index (χ3v) is 3.22. The molecule has 0 saturated carbocycles. The topological polar surface area (TPSA) is 111 Å². The number of hydrogen-bond donors (Lipinski definition) is 5. The monoisotopic (exact) mass is 343 g/mol. The Morgan fingerprint density at radius 3 is 2.84 bits per heavy atom. The molecule has 0 aliphatic rings. The molecule has 1 heterocycles. The fourth-order valence-corrected chi connectivity index (χ4v) is 2.08. The maximum atomic E-state index is 11.6. The zero-order chi connectivity index (χ0) is 18.1. The molecule has 1 aromatic carbocycles. The van der Waals surface area contributed by atoms with Crippen molar-refractivity contribution in [1.29, 1.82) is 0 Å². The lowest BCUT2D eigenvalue weighted by molar-refractivity contribution is 0.252. The summed E-state index contributed by atoms with van der Waals surface area (Å²) in [6.45, 7) is 6.68. The van der Waals surface area contributed by atoms with Crippen LogP contribution in [-0.2, 0) is 6.61 Å². The normalized spacial score (nSPS) is 10.2. The first-order chi connectivity index (χ1) is 12.2. The molecule has 0 aliphatic carbocycles. The van der Waals surface area contributed by atoms with Gasteiger partial charge in [0.1, 0.15) is 5.82 Å². The number of carbonyl (C=O) groups is 1. The smallest absolute Gasteiger partial charge is 0.319 e. The number of aliphatic hydroxyl groups is 1. The minimum Gasteiger partial charge on any atom is -0.391 e. The molecule has 1 aromatic heterocycles. The number of hydrogen-bond acceptors (Lipinski definition) is 6. The van der Waals surface area contributed by atoms with Gasteiger partial charge in [-0.1, -0.05) is 13.0 Å². The Morgan fingerprint density at radius 1 is 1.32 bits per heavy atom. The molecule has 2 amide bonds. The van der Waals surface area contributed by atoms with E-state index in [1.165, 1.54) is 0 Å². The highest BCUT2D eigenvalue weighted by molar-refractivity contribution is 5.89. The Labute approximate surface area is 147 Å². The van der Waals surface area contributed by atoms with E-state index in [-0.39, 0.29) is 12.6 Å². The number of nitrogens with one attached hydrogen (secondary N) is 4. The summed E-state index contributed by atoms with van der Waals surface area (Å²) in [4.78, 5) is 20.2. The zero-order valence-electron chi connectivity index (χ0n) is 14.2. The van der Waals surface area contributed by atoms with Crippen LogP contribution in [0.2, 0.25) is 0 Å². The van der Waals surface area contributed by atoms with Gasteiger partial charge < -0.3 is 26.4 Å². The van der Waals surface area contributed by atoms with Crippen molar-refractivity contribution in [2.75, 3.05) is 29.0 Å². The summed E-state index contributed by atoms with van der Waals surface area (Å²) in [6, 6.07) is 6.96. The molecule has 0 atom stereocenters. The highest BCUT2D eigenvalue weighted by Gasteiger charge is 2.07. The van der Waals surface area contributed by atoms with Gasteiger partial charge in [0.2, 0.25) is 5.95 Å². The first kappa shape index (κ1) is 18.5. The summed E-state index contributed by atoms with van der Waals surface area (Å²) < 4.78 is 0. The summed E-state index contributed by atoms with van der Waals surface area (Å²) in [5, 5.41) is 21.0. The van der Waals surface area contributed by atoms with Crippen molar-refractivity contribution in [2.24, 2.45) is 0 Å². The Balaban J connectivity index is 2.12. The maximum absolute atomic E-state index is 11.6. The molecule has 5 N–H and O–H groups in total. The third kappa shape index (κ3) is 5.61. The van der Waals surface area contributed by atoms with Crippen LogP contribution < -0.4 is 21.3 Å². The molecule has 2 aromatic rings. The molecule has 1 radical (unpaired) electrons. The number of urea groups is 1. The molecule has 0 spiro atoms. The van der Waals surface area contributed by atoms with E-state index >= 15 is 0 Å². The second-order valence-corrected chi connectivity index (χ2v) is 5.20. The SMILES string of the molecule is [CH2]CCNc1nc(Nc2cccc(NC(=O)NCC)c2)ncc1CO. The van der Waals surface area contributed by atoms with Crippen LogP contribution >= 0.6 is 0 Å². The van der Waals surface area contributed by atoms with Crippen molar-refractivity contribution < 1.29 is 9.90 Å². The molecule has 133 valence electrons. The van der Waals surface area contributed by atoms with Crippen molar-refractivity contribution in [3.8, 4) is 0 Å². The van der Waals surface area contributed by atoms with E-state index in [9.17, 15) is 9.90 Å². The molecule has 0 saturated heterocycles. The molecule has 25 heavy (non-hydrogen) atoms. The highest BCUT2D eigenvalue weighted by atomic mass is 16.3.